The molecule has 0 N–H and O–H groups in total. The van der Waals surface area contributed by atoms with Crippen LogP contribution in [0.2, 0.25) is 0 Å². The minimum absolute atomic E-state index is 0.948. The van der Waals surface area contributed by atoms with Crippen LogP contribution >= 0.6 is 0 Å². The van der Waals surface area contributed by atoms with Gasteiger partial charge in [0.05, 0.1) is 0 Å². The van der Waals surface area contributed by atoms with Gasteiger partial charge in [0, 0.05) is 10.8 Å². The van der Waals surface area contributed by atoms with Crippen LogP contribution in [0.3, 0.4) is 0 Å². The molecule has 0 amide bonds. The summed E-state index contributed by atoms with van der Waals surface area (Å²) in [5.74, 6) is 0.983. The standard InChI is InChI=1S/C14H12O.C7H8/c1-3-7-11-12-8-4-2-6-10-14(12)15-13(11)9-5-1;1-7-5-3-2-4-6-7/h1,3-4,6-10H,2,5H2;2-6H,1H3. The molecule has 0 radical (unpaired) electrons. The molecule has 0 saturated carbocycles. The molecule has 0 fully saturated rings. The van der Waals surface area contributed by atoms with E-state index in [1.807, 2.05) is 18.2 Å². The van der Waals surface area contributed by atoms with Crippen molar-refractivity contribution in [1.29, 1.82) is 0 Å². The van der Waals surface area contributed by atoms with Crippen LogP contribution < -0.4 is 10.6 Å². The van der Waals surface area contributed by atoms with E-state index in [1.165, 1.54) is 16.3 Å². The maximum Gasteiger partial charge on any atom is 0.135 e. The highest BCUT2D eigenvalue weighted by Crippen LogP contribution is 2.13. The molecule has 0 aliphatic heterocycles. The minimum Gasteiger partial charge on any atom is -0.456 e. The number of fused-ring (bicyclic) bond motifs is 3. The predicted octanol–water partition coefficient (Wildman–Crippen LogP) is 4.23. The van der Waals surface area contributed by atoms with Gasteiger partial charge in [-0.15, -0.1) is 0 Å². The molecule has 0 atom stereocenters. The van der Waals surface area contributed by atoms with Crippen LogP contribution in [0.1, 0.15) is 29.7 Å². The molecule has 22 heavy (non-hydrogen) atoms. The molecule has 1 heterocycles. The Bertz CT molecular complexity index is 830. The smallest absolute Gasteiger partial charge is 0.135 e. The first kappa shape index (κ1) is 14.4. The van der Waals surface area contributed by atoms with Gasteiger partial charge in [0.1, 0.15) is 11.2 Å². The van der Waals surface area contributed by atoms with E-state index in [0.29, 0.717) is 0 Å². The van der Waals surface area contributed by atoms with Crippen LogP contribution in [0.4, 0.5) is 0 Å². The average molecular weight is 288 g/mol. The van der Waals surface area contributed by atoms with Crippen molar-refractivity contribution in [3.63, 3.8) is 0 Å². The van der Waals surface area contributed by atoms with E-state index in [2.05, 4.69) is 67.7 Å². The highest BCUT2D eigenvalue weighted by Gasteiger charge is 2.07. The van der Waals surface area contributed by atoms with E-state index >= 15 is 0 Å². The van der Waals surface area contributed by atoms with Crippen LogP contribution in [0.15, 0.2) is 59.1 Å². The number of allylic oxidation sites excluding steroid dienone is 4. The Morgan fingerprint density at radius 2 is 1.73 bits per heavy atom. The van der Waals surface area contributed by atoms with Crippen molar-refractivity contribution in [3.8, 4) is 0 Å². The quantitative estimate of drug-likeness (QED) is 0.707. The van der Waals surface area contributed by atoms with Crippen molar-refractivity contribution < 1.29 is 4.42 Å². The van der Waals surface area contributed by atoms with Gasteiger partial charge < -0.3 is 4.42 Å². The van der Waals surface area contributed by atoms with Crippen molar-refractivity contribution in [1.82, 2.24) is 0 Å². The lowest BCUT2D eigenvalue weighted by Gasteiger charge is -1.86. The molecule has 2 aliphatic rings. The van der Waals surface area contributed by atoms with Gasteiger partial charge in [-0.2, -0.15) is 0 Å². The van der Waals surface area contributed by atoms with Gasteiger partial charge in [0.25, 0.3) is 0 Å². The molecule has 1 aromatic carbocycles. The van der Waals surface area contributed by atoms with E-state index in [9.17, 15) is 0 Å². The molecular formula is C21H20O. The lowest BCUT2D eigenvalue weighted by molar-refractivity contribution is 0.520. The first-order valence-corrected chi connectivity index (χ1v) is 7.69. The van der Waals surface area contributed by atoms with Crippen molar-refractivity contribution in [2.75, 3.05) is 0 Å². The molecule has 1 nitrogen and oxygen atoms in total. The molecule has 1 aromatic heterocycles. The summed E-state index contributed by atoms with van der Waals surface area (Å²) in [5.41, 5.74) is 3.53. The van der Waals surface area contributed by atoms with Gasteiger partial charge >= 0.3 is 0 Å². The molecule has 110 valence electrons. The van der Waals surface area contributed by atoms with Crippen LogP contribution in [0.25, 0.3) is 24.3 Å². The lowest BCUT2D eigenvalue weighted by atomic mass is 10.2. The zero-order chi connectivity index (χ0) is 15.2. The third kappa shape index (κ3) is 3.37. The highest BCUT2D eigenvalue weighted by atomic mass is 16.3. The third-order valence-corrected chi connectivity index (χ3v) is 3.65. The van der Waals surface area contributed by atoms with Crippen molar-refractivity contribution in [2.24, 2.45) is 0 Å². The van der Waals surface area contributed by atoms with E-state index in [0.717, 1.165) is 24.0 Å². The molecule has 0 bridgehead atoms. The zero-order valence-electron chi connectivity index (χ0n) is 12.8. The summed E-state index contributed by atoms with van der Waals surface area (Å²) in [7, 11) is 0. The van der Waals surface area contributed by atoms with E-state index in [4.69, 9.17) is 4.42 Å². The first-order chi connectivity index (χ1) is 10.8. The Morgan fingerprint density at radius 3 is 2.50 bits per heavy atom. The van der Waals surface area contributed by atoms with Crippen LogP contribution in [0, 0.1) is 6.92 Å². The van der Waals surface area contributed by atoms with Crippen molar-refractivity contribution in [3.05, 3.63) is 82.2 Å². The van der Waals surface area contributed by atoms with E-state index in [-0.39, 0.29) is 0 Å². The second-order valence-electron chi connectivity index (χ2n) is 5.39. The number of benzene rings is 1. The SMILES string of the molecule is C1=CCC=c2oc3c(c2=C1)C=CCC=C3.Cc1ccccc1. The fraction of sp³-hybridized carbons (Fsp3) is 0.143. The highest BCUT2D eigenvalue weighted by molar-refractivity contribution is 5.66. The Hall–Kier alpha value is -2.54. The maximum absolute atomic E-state index is 5.82. The summed E-state index contributed by atoms with van der Waals surface area (Å²) in [6.07, 6.45) is 18.9. The van der Waals surface area contributed by atoms with E-state index < -0.39 is 0 Å². The normalized spacial score (nSPS) is 14.4. The molecule has 2 aliphatic carbocycles. The Labute approximate surface area is 131 Å². The van der Waals surface area contributed by atoms with Crippen molar-refractivity contribution >= 4 is 24.3 Å². The monoisotopic (exact) mass is 288 g/mol. The van der Waals surface area contributed by atoms with Crippen LogP contribution in [-0.2, 0) is 0 Å². The summed E-state index contributed by atoms with van der Waals surface area (Å²) in [4.78, 5) is 0. The summed E-state index contributed by atoms with van der Waals surface area (Å²) in [5, 5.41) is 1.21. The molecule has 0 saturated heterocycles. The van der Waals surface area contributed by atoms with Gasteiger partial charge in [-0.25, -0.2) is 0 Å². The lowest BCUT2D eigenvalue weighted by Crippen LogP contribution is -2.20. The summed E-state index contributed by atoms with van der Waals surface area (Å²) in [6.45, 7) is 2.08. The number of hydrogen-bond acceptors (Lipinski definition) is 1. The minimum atomic E-state index is 0.948. The molecule has 0 unspecified atom stereocenters. The Kier molecular flexibility index (Phi) is 4.55. The number of aryl methyl sites for hydroxylation is 1. The second kappa shape index (κ2) is 6.95. The van der Waals surface area contributed by atoms with E-state index in [1.54, 1.807) is 0 Å². The van der Waals surface area contributed by atoms with Crippen LogP contribution in [0.5, 0.6) is 0 Å². The summed E-state index contributed by atoms with van der Waals surface area (Å²) in [6, 6.07) is 10.3. The molecule has 2 aromatic rings. The Morgan fingerprint density at radius 1 is 0.909 bits per heavy atom. The van der Waals surface area contributed by atoms with Gasteiger partial charge in [-0.3, -0.25) is 0 Å². The van der Waals surface area contributed by atoms with Crippen LogP contribution in [-0.4, -0.2) is 0 Å². The van der Waals surface area contributed by atoms with Gasteiger partial charge in [-0.05, 0) is 31.9 Å². The summed E-state index contributed by atoms with van der Waals surface area (Å²) >= 11 is 0. The van der Waals surface area contributed by atoms with Crippen molar-refractivity contribution in [2.45, 2.75) is 19.8 Å². The first-order valence-electron chi connectivity index (χ1n) is 7.69. The average Bonchev–Trinajstić information content (AvgIpc) is 2.74. The molecule has 0 spiro atoms. The fourth-order valence-electron chi connectivity index (χ4n) is 2.50. The van der Waals surface area contributed by atoms with Gasteiger partial charge in [0.15, 0.2) is 0 Å². The molecule has 1 heteroatoms. The summed E-state index contributed by atoms with van der Waals surface area (Å²) < 4.78 is 5.82. The Balaban J connectivity index is 0.000000174. The third-order valence-electron chi connectivity index (χ3n) is 3.65. The number of hydrogen-bond donors (Lipinski definition) is 0. The van der Waals surface area contributed by atoms with Gasteiger partial charge in [0.2, 0.25) is 0 Å². The number of rotatable bonds is 0. The molecule has 4 rings (SSSR count). The largest absolute Gasteiger partial charge is 0.456 e. The second-order valence-corrected chi connectivity index (χ2v) is 5.39. The maximum atomic E-state index is 5.82. The zero-order valence-corrected chi connectivity index (χ0v) is 12.8. The molecular weight excluding hydrogens is 268 g/mol. The number of furan rings is 1. The predicted molar refractivity (Wildman–Crippen MR) is 94.5 cm³/mol. The van der Waals surface area contributed by atoms with Gasteiger partial charge in [-0.1, -0.05) is 72.4 Å². The topological polar surface area (TPSA) is 13.1 Å². The fourth-order valence-corrected chi connectivity index (χ4v) is 2.50.